The van der Waals surface area contributed by atoms with Crippen LogP contribution in [0.5, 0.6) is 5.75 Å². The molecule has 2 bridgehead atoms. The van der Waals surface area contributed by atoms with Crippen LogP contribution in [0, 0.1) is 11.8 Å². The first kappa shape index (κ1) is 30.4. The summed E-state index contributed by atoms with van der Waals surface area (Å²) in [4.78, 5) is 39.8. The lowest BCUT2D eigenvalue weighted by atomic mass is 9.55. The van der Waals surface area contributed by atoms with Crippen LogP contribution in [0.15, 0.2) is 18.2 Å². The predicted molar refractivity (Wildman–Crippen MR) is 152 cm³/mol. The minimum absolute atomic E-state index is 0.0517. The van der Waals surface area contributed by atoms with Crippen molar-refractivity contribution in [2.45, 2.75) is 115 Å². The Bertz CT molecular complexity index is 952. The minimum atomic E-state index is -1.40. The maximum Gasteiger partial charge on any atom is 0.310 e. The van der Waals surface area contributed by atoms with E-state index in [9.17, 15) is 19.5 Å². The van der Waals surface area contributed by atoms with Gasteiger partial charge in [0.2, 0.25) is 0 Å². The van der Waals surface area contributed by atoms with Crippen LogP contribution in [0.25, 0.3) is 0 Å². The normalized spacial score (nSPS) is 22.3. The number of ether oxygens (including phenoxy) is 2. The number of hydrogen-bond acceptors (Lipinski definition) is 6. The Balaban J connectivity index is 1.60. The van der Waals surface area contributed by atoms with Gasteiger partial charge in [0.05, 0.1) is 31.0 Å². The van der Waals surface area contributed by atoms with E-state index in [0.29, 0.717) is 18.8 Å². The molecule has 1 saturated carbocycles. The van der Waals surface area contributed by atoms with E-state index in [1.54, 1.807) is 18.2 Å². The molecule has 0 aromatic heterocycles. The van der Waals surface area contributed by atoms with Gasteiger partial charge in [-0.1, -0.05) is 90.4 Å². The third kappa shape index (κ3) is 8.17. The van der Waals surface area contributed by atoms with Crippen molar-refractivity contribution >= 4 is 25.8 Å². The fourth-order valence-corrected chi connectivity index (χ4v) is 6.69. The number of phenolic OH excluding ortho intramolecular Hbond substituents is 1. The first-order valence-corrected chi connectivity index (χ1v) is 18.5. The van der Waals surface area contributed by atoms with Gasteiger partial charge in [0.15, 0.2) is 0 Å². The third-order valence-electron chi connectivity index (χ3n) is 8.14. The van der Waals surface area contributed by atoms with E-state index in [1.807, 2.05) is 0 Å². The molecule has 1 unspecified atom stereocenters. The molecule has 1 aromatic carbocycles. The second-order valence-electron chi connectivity index (χ2n) is 12.4. The number of rotatable bonds is 16. The zero-order valence-electron chi connectivity index (χ0n) is 23.9. The van der Waals surface area contributed by atoms with Crippen molar-refractivity contribution < 1.29 is 29.0 Å². The molecule has 0 aliphatic heterocycles. The Morgan fingerprint density at radius 2 is 1.42 bits per heavy atom. The largest absolute Gasteiger partial charge is 0.508 e. The number of esters is 2. The van der Waals surface area contributed by atoms with Crippen molar-refractivity contribution in [2.24, 2.45) is 11.8 Å². The van der Waals surface area contributed by atoms with Crippen molar-refractivity contribution in [3.63, 3.8) is 0 Å². The van der Waals surface area contributed by atoms with Gasteiger partial charge in [0, 0.05) is 20.4 Å². The lowest BCUT2D eigenvalue weighted by molar-refractivity contribution is -0.167. The summed E-state index contributed by atoms with van der Waals surface area (Å²) in [6, 6.07) is 5.77. The summed E-state index contributed by atoms with van der Waals surface area (Å²) in [5, 5.41) is 10.1. The summed E-state index contributed by atoms with van der Waals surface area (Å²) in [6.07, 6.45) is 12.1. The van der Waals surface area contributed by atoms with E-state index in [0.717, 1.165) is 30.9 Å². The van der Waals surface area contributed by atoms with Crippen LogP contribution in [0.2, 0.25) is 25.7 Å². The highest BCUT2D eigenvalue weighted by Gasteiger charge is 2.57. The predicted octanol–water partition coefficient (Wildman–Crippen LogP) is 7.12. The Kier molecular flexibility index (Phi) is 11.4. The number of hydrogen-bond donors (Lipinski definition) is 1. The van der Waals surface area contributed by atoms with Crippen LogP contribution in [-0.2, 0) is 23.9 Å². The summed E-state index contributed by atoms with van der Waals surface area (Å²) >= 11 is 0. The van der Waals surface area contributed by atoms with Gasteiger partial charge in [-0.3, -0.25) is 14.4 Å². The maximum atomic E-state index is 13.4. The Morgan fingerprint density at radius 1 is 0.842 bits per heavy atom. The number of carbonyl (C=O) groups excluding carboxylic acids is 3. The number of unbranched alkanes of at least 4 members (excludes halogenated alkanes) is 9. The zero-order chi connectivity index (χ0) is 27.7. The topological polar surface area (TPSA) is 89.9 Å². The quantitative estimate of drug-likeness (QED) is 0.135. The monoisotopic (exact) mass is 544 g/mol. The number of phenols is 1. The highest BCUT2D eigenvalue weighted by atomic mass is 28.3. The molecule has 6 nitrogen and oxygen atoms in total. The standard InChI is InChI=1S/C31H48O6Si/c1-5-6-7-8-9-10-11-12-13-14-17-36-31(35)29-27-24-20-22(32)15-16-23(24)25(21-26(27)33)28(29)30(34)37-18-19-38(2,3)4/h15-16,20,25,27-29,32H,5-14,17-19,21H2,1-4H3/t25?,27-,28-,29-/m1/s1. The summed E-state index contributed by atoms with van der Waals surface area (Å²) in [5.74, 6) is -3.78. The van der Waals surface area contributed by atoms with E-state index >= 15 is 0 Å². The van der Waals surface area contributed by atoms with Crippen molar-refractivity contribution in [3.8, 4) is 5.75 Å². The van der Waals surface area contributed by atoms with Crippen LogP contribution < -0.4 is 0 Å². The van der Waals surface area contributed by atoms with Gasteiger partial charge in [0.1, 0.15) is 11.5 Å². The Labute approximate surface area is 229 Å². The van der Waals surface area contributed by atoms with E-state index in [2.05, 4.69) is 26.6 Å². The van der Waals surface area contributed by atoms with Crippen molar-refractivity contribution in [1.82, 2.24) is 0 Å². The number of benzene rings is 1. The molecule has 4 rings (SSSR count). The molecule has 3 aliphatic rings. The van der Waals surface area contributed by atoms with Gasteiger partial charge in [-0.05, 0) is 35.7 Å². The highest BCUT2D eigenvalue weighted by molar-refractivity contribution is 6.76. The van der Waals surface area contributed by atoms with E-state index in [1.165, 1.54) is 44.9 Å². The fourth-order valence-electron chi connectivity index (χ4n) is 5.97. The first-order valence-electron chi connectivity index (χ1n) is 14.8. The van der Waals surface area contributed by atoms with Gasteiger partial charge in [-0.15, -0.1) is 0 Å². The van der Waals surface area contributed by atoms with Crippen molar-refractivity contribution in [1.29, 1.82) is 0 Å². The van der Waals surface area contributed by atoms with E-state index in [-0.39, 0.29) is 18.0 Å². The number of aromatic hydroxyl groups is 1. The molecular formula is C31H48O6Si. The lowest BCUT2D eigenvalue weighted by Crippen LogP contribution is -2.50. The zero-order valence-corrected chi connectivity index (χ0v) is 24.9. The van der Waals surface area contributed by atoms with Crippen molar-refractivity contribution in [3.05, 3.63) is 29.3 Å². The summed E-state index contributed by atoms with van der Waals surface area (Å²) in [7, 11) is -1.40. The molecule has 212 valence electrons. The highest BCUT2D eigenvalue weighted by Crippen LogP contribution is 2.55. The number of carbonyl (C=O) groups is 3. The average Bonchev–Trinajstić information content (AvgIpc) is 2.85. The lowest BCUT2D eigenvalue weighted by Gasteiger charge is -2.46. The van der Waals surface area contributed by atoms with E-state index in [4.69, 9.17) is 9.47 Å². The van der Waals surface area contributed by atoms with Crippen LogP contribution in [0.4, 0.5) is 0 Å². The second-order valence-corrected chi connectivity index (χ2v) is 18.1. The van der Waals surface area contributed by atoms with E-state index < -0.39 is 43.7 Å². The fraction of sp³-hybridized carbons (Fsp3) is 0.710. The second kappa shape index (κ2) is 14.3. The van der Waals surface area contributed by atoms with Crippen LogP contribution in [0.1, 0.15) is 101 Å². The number of Topliss-reactive ketones (excluding diaryl/α,β-unsaturated/α-hetero) is 1. The summed E-state index contributed by atoms with van der Waals surface area (Å²) in [6.45, 7) is 9.52. The molecule has 1 fully saturated rings. The molecule has 4 atom stereocenters. The van der Waals surface area contributed by atoms with Gasteiger partial charge in [-0.2, -0.15) is 0 Å². The molecule has 0 spiro atoms. The molecule has 1 aromatic rings. The van der Waals surface area contributed by atoms with Gasteiger partial charge >= 0.3 is 11.9 Å². The average molecular weight is 545 g/mol. The SMILES string of the molecule is CCCCCCCCCCCCOC(=O)[C@H]1[C@H](C(=O)OCC[Si](C)(C)C)C2CC(=O)[C@H]1c1cc(O)ccc12. The summed E-state index contributed by atoms with van der Waals surface area (Å²) in [5.41, 5.74) is 1.51. The van der Waals surface area contributed by atoms with Crippen LogP contribution >= 0.6 is 0 Å². The van der Waals surface area contributed by atoms with Crippen LogP contribution in [0.3, 0.4) is 0 Å². The molecule has 0 radical (unpaired) electrons. The molecule has 0 saturated heterocycles. The summed E-state index contributed by atoms with van der Waals surface area (Å²) < 4.78 is 11.4. The molecular weight excluding hydrogens is 496 g/mol. The molecule has 38 heavy (non-hydrogen) atoms. The van der Waals surface area contributed by atoms with Gasteiger partial charge in [-0.25, -0.2) is 0 Å². The first-order chi connectivity index (χ1) is 18.1. The smallest absolute Gasteiger partial charge is 0.310 e. The molecule has 7 heteroatoms. The minimum Gasteiger partial charge on any atom is -0.508 e. The molecule has 0 heterocycles. The van der Waals surface area contributed by atoms with Gasteiger partial charge < -0.3 is 14.6 Å². The van der Waals surface area contributed by atoms with Crippen LogP contribution in [-0.4, -0.2) is 44.1 Å². The van der Waals surface area contributed by atoms with Crippen molar-refractivity contribution in [2.75, 3.05) is 13.2 Å². The number of fused-ring (bicyclic) bond motifs is 2. The Morgan fingerprint density at radius 3 is 2.05 bits per heavy atom. The van der Waals surface area contributed by atoms with Gasteiger partial charge in [0.25, 0.3) is 0 Å². The molecule has 3 aliphatic carbocycles. The maximum absolute atomic E-state index is 13.4. The third-order valence-corrected chi connectivity index (χ3v) is 9.84. The number of ketones is 1. The molecule has 0 amide bonds. The Hall–Kier alpha value is -2.15. The molecule has 1 N–H and O–H groups in total.